The number of aliphatic hydroxyl groups excluding tert-OH is 1. The van der Waals surface area contributed by atoms with Gasteiger partial charge in [0.25, 0.3) is 0 Å². The zero-order chi connectivity index (χ0) is 19.6. The third-order valence-electron chi connectivity index (χ3n) is 9.01. The smallest absolute Gasteiger partial charge is 0.192 e. The van der Waals surface area contributed by atoms with Gasteiger partial charge in [-0.15, -0.1) is 0 Å². The number of ether oxygens (including phenoxy) is 1. The number of fused-ring (bicyclic) bond motifs is 5. The van der Waals surface area contributed by atoms with E-state index in [1.54, 1.807) is 7.11 Å². The molecular formula is C22H32O5. The number of allylic oxidation sites excluding steroid dienone is 1. The Hall–Kier alpha value is -1.04. The number of methoxy groups -OCH3 is 1. The lowest BCUT2D eigenvalue weighted by Crippen LogP contribution is -2.61. The van der Waals surface area contributed by atoms with Crippen molar-refractivity contribution in [2.24, 2.45) is 28.6 Å². The summed E-state index contributed by atoms with van der Waals surface area (Å²) < 4.78 is 5.59. The number of carbonyl (C=O) groups is 2. The molecule has 0 aromatic rings. The highest BCUT2D eigenvalue weighted by atomic mass is 16.5. The van der Waals surface area contributed by atoms with Gasteiger partial charge >= 0.3 is 0 Å². The van der Waals surface area contributed by atoms with E-state index in [9.17, 15) is 19.8 Å². The van der Waals surface area contributed by atoms with Crippen LogP contribution < -0.4 is 0 Å². The Kier molecular flexibility index (Phi) is 4.45. The van der Waals surface area contributed by atoms with Gasteiger partial charge in [0.1, 0.15) is 6.61 Å². The Morgan fingerprint density at radius 3 is 2.63 bits per heavy atom. The summed E-state index contributed by atoms with van der Waals surface area (Å²) in [6, 6.07) is 0. The normalized spacial score (nSPS) is 49.1. The molecule has 0 aromatic carbocycles. The molecule has 5 nitrogen and oxygen atoms in total. The van der Waals surface area contributed by atoms with E-state index in [-0.39, 0.29) is 17.1 Å². The first-order chi connectivity index (χ1) is 12.7. The third kappa shape index (κ3) is 2.34. The predicted molar refractivity (Wildman–Crippen MR) is 99.9 cm³/mol. The molecule has 0 spiro atoms. The lowest BCUT2D eigenvalue weighted by atomic mass is 9.46. The molecule has 4 aliphatic carbocycles. The van der Waals surface area contributed by atoms with E-state index in [0.29, 0.717) is 24.7 Å². The zero-order valence-corrected chi connectivity index (χ0v) is 16.7. The van der Waals surface area contributed by atoms with Crippen molar-refractivity contribution < 1.29 is 24.5 Å². The molecule has 0 radical (unpaired) electrons. The molecule has 5 heteroatoms. The maximum absolute atomic E-state index is 12.6. The van der Waals surface area contributed by atoms with Gasteiger partial charge in [-0.25, -0.2) is 0 Å². The van der Waals surface area contributed by atoms with E-state index in [0.717, 1.165) is 32.1 Å². The van der Waals surface area contributed by atoms with Gasteiger partial charge in [-0.1, -0.05) is 19.4 Å². The summed E-state index contributed by atoms with van der Waals surface area (Å²) in [6.07, 6.45) is 7.14. The lowest BCUT2D eigenvalue weighted by molar-refractivity contribution is -0.181. The first-order valence-electron chi connectivity index (χ1n) is 10.4. The number of hydrogen-bond donors (Lipinski definition) is 2. The van der Waals surface area contributed by atoms with Gasteiger partial charge in [0.05, 0.1) is 6.10 Å². The molecule has 7 atom stereocenters. The van der Waals surface area contributed by atoms with E-state index in [2.05, 4.69) is 6.92 Å². The maximum atomic E-state index is 12.6. The van der Waals surface area contributed by atoms with Crippen LogP contribution in [0.15, 0.2) is 11.6 Å². The third-order valence-corrected chi connectivity index (χ3v) is 9.01. The summed E-state index contributed by atoms with van der Waals surface area (Å²) in [7, 11) is 1.55. The standard InChI is InChI=1S/C22H32O5/c1-20-8-6-14(24)10-13(20)4-5-15-16(20)7-9-21(2)17(15)11-19(27-3)22(21,26)18(25)12-23/h10,15-17,19,23,26H,4-9,11-12H2,1-3H3/t15-,16+,17+,19-,20+,21+,22-/m1/s1. The average molecular weight is 376 g/mol. The number of rotatable bonds is 3. The van der Waals surface area contributed by atoms with Crippen LogP contribution >= 0.6 is 0 Å². The summed E-state index contributed by atoms with van der Waals surface area (Å²) in [5.41, 5.74) is -0.822. The molecule has 0 aromatic heterocycles. The van der Waals surface area contributed by atoms with E-state index >= 15 is 0 Å². The monoisotopic (exact) mass is 376 g/mol. The summed E-state index contributed by atoms with van der Waals surface area (Å²) in [5, 5.41) is 21.0. The Morgan fingerprint density at radius 2 is 1.96 bits per heavy atom. The van der Waals surface area contributed by atoms with Crippen molar-refractivity contribution >= 4 is 11.6 Å². The molecule has 3 saturated carbocycles. The second-order valence-corrected chi connectivity index (χ2v) is 9.73. The van der Waals surface area contributed by atoms with Crippen LogP contribution in [0.2, 0.25) is 0 Å². The van der Waals surface area contributed by atoms with Crippen molar-refractivity contribution in [2.75, 3.05) is 13.7 Å². The zero-order valence-electron chi connectivity index (χ0n) is 16.7. The predicted octanol–water partition coefficient (Wildman–Crippen LogP) is 2.44. The van der Waals surface area contributed by atoms with Gasteiger partial charge in [0, 0.05) is 18.9 Å². The Bertz CT molecular complexity index is 699. The van der Waals surface area contributed by atoms with Crippen molar-refractivity contribution in [3.8, 4) is 0 Å². The molecular weight excluding hydrogens is 344 g/mol. The van der Waals surface area contributed by atoms with Gasteiger partial charge in [0.2, 0.25) is 0 Å². The van der Waals surface area contributed by atoms with Crippen molar-refractivity contribution in [1.82, 2.24) is 0 Å². The molecule has 0 saturated heterocycles. The van der Waals surface area contributed by atoms with Crippen LogP contribution in [-0.4, -0.2) is 47.2 Å². The highest BCUT2D eigenvalue weighted by Gasteiger charge is 2.70. The SMILES string of the molecule is CO[C@@H]1C[C@H]2[C@@H]3CCC4=CC(=O)CC[C@]4(C)[C@H]3CC[C@]2(C)[C@@]1(O)C(=O)CO. The number of hydrogen-bond acceptors (Lipinski definition) is 5. The van der Waals surface area contributed by atoms with E-state index < -0.39 is 29.5 Å². The van der Waals surface area contributed by atoms with E-state index in [1.807, 2.05) is 13.0 Å². The number of carbonyl (C=O) groups excluding carboxylic acids is 2. The fourth-order valence-corrected chi connectivity index (χ4v) is 7.44. The van der Waals surface area contributed by atoms with Crippen molar-refractivity contribution in [3.63, 3.8) is 0 Å². The summed E-state index contributed by atoms with van der Waals surface area (Å²) in [4.78, 5) is 24.6. The molecule has 2 N–H and O–H groups in total. The molecule has 3 fully saturated rings. The largest absolute Gasteiger partial charge is 0.388 e. The molecule has 150 valence electrons. The molecule has 4 aliphatic rings. The lowest BCUT2D eigenvalue weighted by Gasteiger charge is -2.58. The Balaban J connectivity index is 1.72. The second-order valence-electron chi connectivity index (χ2n) is 9.73. The average Bonchev–Trinajstić information content (AvgIpc) is 2.90. The van der Waals surface area contributed by atoms with Gasteiger partial charge in [0.15, 0.2) is 17.2 Å². The van der Waals surface area contributed by atoms with Gasteiger partial charge < -0.3 is 14.9 Å². The number of Topliss-reactive ketones (excluding diaryl/α,β-unsaturated/α-hetero) is 1. The molecule has 0 bridgehead atoms. The van der Waals surface area contributed by atoms with Crippen LogP contribution in [0.3, 0.4) is 0 Å². The molecule has 0 heterocycles. The molecule has 0 unspecified atom stereocenters. The van der Waals surface area contributed by atoms with E-state index in [4.69, 9.17) is 4.74 Å². The molecule has 0 aliphatic heterocycles. The van der Waals surface area contributed by atoms with Crippen LogP contribution in [0.5, 0.6) is 0 Å². The fourth-order valence-electron chi connectivity index (χ4n) is 7.44. The van der Waals surface area contributed by atoms with Crippen LogP contribution in [-0.2, 0) is 14.3 Å². The first-order valence-corrected chi connectivity index (χ1v) is 10.4. The summed E-state index contributed by atoms with van der Waals surface area (Å²) in [6.45, 7) is 3.69. The topological polar surface area (TPSA) is 83.8 Å². The first kappa shape index (κ1) is 19.3. The molecule has 0 amide bonds. The Morgan fingerprint density at radius 1 is 1.22 bits per heavy atom. The van der Waals surface area contributed by atoms with Crippen LogP contribution in [0.25, 0.3) is 0 Å². The molecule has 27 heavy (non-hydrogen) atoms. The molecule has 4 rings (SSSR count). The quantitative estimate of drug-likeness (QED) is 0.790. The minimum absolute atomic E-state index is 0.0580. The number of aliphatic hydroxyl groups is 2. The fraction of sp³-hybridized carbons (Fsp3) is 0.818. The van der Waals surface area contributed by atoms with Gasteiger partial charge in [-0.05, 0) is 67.8 Å². The minimum Gasteiger partial charge on any atom is -0.388 e. The highest BCUT2D eigenvalue weighted by Crippen LogP contribution is 2.67. The minimum atomic E-state index is -1.62. The summed E-state index contributed by atoms with van der Waals surface area (Å²) in [5.74, 6) is 0.830. The van der Waals surface area contributed by atoms with Crippen LogP contribution in [0.4, 0.5) is 0 Å². The van der Waals surface area contributed by atoms with Crippen LogP contribution in [0.1, 0.15) is 58.8 Å². The highest BCUT2D eigenvalue weighted by molar-refractivity contribution is 5.92. The van der Waals surface area contributed by atoms with Gasteiger partial charge in [-0.2, -0.15) is 0 Å². The van der Waals surface area contributed by atoms with Crippen molar-refractivity contribution in [1.29, 1.82) is 0 Å². The number of ketones is 2. The Labute approximate surface area is 161 Å². The van der Waals surface area contributed by atoms with E-state index in [1.165, 1.54) is 5.57 Å². The van der Waals surface area contributed by atoms with Crippen LogP contribution in [0, 0.1) is 28.6 Å². The van der Waals surface area contributed by atoms with Crippen molar-refractivity contribution in [2.45, 2.75) is 70.5 Å². The van der Waals surface area contributed by atoms with Gasteiger partial charge in [-0.3, -0.25) is 9.59 Å². The van der Waals surface area contributed by atoms with Crippen molar-refractivity contribution in [3.05, 3.63) is 11.6 Å². The summed E-state index contributed by atoms with van der Waals surface area (Å²) >= 11 is 0. The second kappa shape index (κ2) is 6.23. The maximum Gasteiger partial charge on any atom is 0.192 e.